The maximum Gasteiger partial charge on any atom is 0.417 e. The van der Waals surface area contributed by atoms with E-state index in [2.05, 4.69) is 15.6 Å². The van der Waals surface area contributed by atoms with Crippen LogP contribution in [0.3, 0.4) is 0 Å². The maximum absolute atomic E-state index is 12.7. The van der Waals surface area contributed by atoms with E-state index in [1.54, 1.807) is 13.8 Å². The molecule has 2 amide bonds. The fourth-order valence-corrected chi connectivity index (χ4v) is 2.80. The maximum atomic E-state index is 12.7. The Balaban J connectivity index is 2.40. The van der Waals surface area contributed by atoms with Crippen LogP contribution in [0, 0.1) is 6.92 Å². The number of aryl methyl sites for hydroxylation is 1. The normalized spacial score (nSPS) is 11.2. The summed E-state index contributed by atoms with van der Waals surface area (Å²) in [6.45, 7) is 3.69. The van der Waals surface area contributed by atoms with E-state index in [0.29, 0.717) is 24.4 Å². The predicted octanol–water partition coefficient (Wildman–Crippen LogP) is 4.72. The van der Waals surface area contributed by atoms with Crippen LogP contribution in [-0.4, -0.2) is 23.3 Å². The minimum atomic E-state index is -4.64. The highest BCUT2D eigenvalue weighted by molar-refractivity contribution is 6.34. The van der Waals surface area contributed by atoms with Crippen LogP contribution in [0.15, 0.2) is 24.4 Å². The van der Waals surface area contributed by atoms with Gasteiger partial charge in [-0.2, -0.15) is 13.2 Å². The minimum Gasteiger partial charge on any atom is -0.352 e. The van der Waals surface area contributed by atoms with Gasteiger partial charge in [-0.25, -0.2) is 4.98 Å². The van der Waals surface area contributed by atoms with Crippen molar-refractivity contribution in [3.05, 3.63) is 56.8 Å². The molecule has 0 fully saturated rings. The lowest BCUT2D eigenvalue weighted by atomic mass is 10.1. The van der Waals surface area contributed by atoms with Gasteiger partial charge in [-0.05, 0) is 37.6 Å². The molecule has 0 atom stereocenters. The van der Waals surface area contributed by atoms with Gasteiger partial charge >= 0.3 is 6.18 Å². The van der Waals surface area contributed by atoms with Crippen LogP contribution in [0.1, 0.15) is 38.9 Å². The molecule has 0 radical (unpaired) electrons. The average Bonchev–Trinajstić information content (AvgIpc) is 2.56. The quantitative estimate of drug-likeness (QED) is 0.752. The van der Waals surface area contributed by atoms with Crippen molar-refractivity contribution in [1.29, 1.82) is 0 Å². The largest absolute Gasteiger partial charge is 0.417 e. The molecule has 0 aliphatic rings. The van der Waals surface area contributed by atoms with Crippen LogP contribution in [0.2, 0.25) is 10.0 Å². The second-order valence-corrected chi connectivity index (χ2v) is 6.35. The van der Waals surface area contributed by atoms with Gasteiger partial charge in [-0.3, -0.25) is 9.59 Å². The van der Waals surface area contributed by atoms with Crippen molar-refractivity contribution in [3.63, 3.8) is 0 Å². The third-order valence-electron chi connectivity index (χ3n) is 3.50. The van der Waals surface area contributed by atoms with Crippen LogP contribution in [0.25, 0.3) is 0 Å². The van der Waals surface area contributed by atoms with Crippen LogP contribution in [0.5, 0.6) is 0 Å². The molecule has 0 spiro atoms. The van der Waals surface area contributed by atoms with Gasteiger partial charge in [0.05, 0.1) is 21.8 Å². The molecule has 1 aromatic heterocycles. The lowest BCUT2D eigenvalue weighted by molar-refractivity contribution is -0.137. The molecule has 0 saturated carbocycles. The van der Waals surface area contributed by atoms with Crippen molar-refractivity contribution >= 4 is 40.7 Å². The first kappa shape index (κ1) is 21.0. The van der Waals surface area contributed by atoms with Crippen molar-refractivity contribution < 1.29 is 22.8 Å². The first-order valence-corrected chi connectivity index (χ1v) is 8.42. The van der Waals surface area contributed by atoms with Gasteiger partial charge in [0.1, 0.15) is 5.69 Å². The Hall–Kier alpha value is -2.32. The summed E-state index contributed by atoms with van der Waals surface area (Å²) in [7, 11) is 0. The van der Waals surface area contributed by atoms with Crippen molar-refractivity contribution in [3.8, 4) is 0 Å². The van der Waals surface area contributed by atoms with Gasteiger partial charge in [0.2, 0.25) is 0 Å². The van der Waals surface area contributed by atoms with Gasteiger partial charge < -0.3 is 10.6 Å². The summed E-state index contributed by atoms with van der Waals surface area (Å²) >= 11 is 11.8. The zero-order valence-corrected chi connectivity index (χ0v) is 15.7. The van der Waals surface area contributed by atoms with Crippen molar-refractivity contribution in [2.24, 2.45) is 0 Å². The van der Waals surface area contributed by atoms with Crippen molar-refractivity contribution in [2.45, 2.75) is 20.0 Å². The van der Waals surface area contributed by atoms with Gasteiger partial charge in [0.25, 0.3) is 11.8 Å². The number of hydrogen-bond donors (Lipinski definition) is 2. The Labute approximate surface area is 162 Å². The standard InChI is InChI=1S/C17H14Cl2F3N3O2/c1-3-23-15(26)11-6-10(18)4-8(2)13(11)25-16(27)14-12(19)5-9(7-24-14)17(20,21)22/h4-7H,3H2,1-2H3,(H,23,26)(H,25,27). The van der Waals surface area contributed by atoms with Crippen molar-refractivity contribution in [2.75, 3.05) is 11.9 Å². The van der Waals surface area contributed by atoms with E-state index >= 15 is 0 Å². The molecular formula is C17H14Cl2F3N3O2. The van der Waals surface area contributed by atoms with E-state index in [9.17, 15) is 22.8 Å². The number of carbonyl (C=O) groups is 2. The van der Waals surface area contributed by atoms with Crippen LogP contribution >= 0.6 is 23.2 Å². The Morgan fingerprint density at radius 3 is 2.37 bits per heavy atom. The topological polar surface area (TPSA) is 71.1 Å². The molecule has 0 saturated heterocycles. The van der Waals surface area contributed by atoms with Gasteiger partial charge in [-0.1, -0.05) is 23.2 Å². The number of hydrogen-bond acceptors (Lipinski definition) is 3. The fraction of sp³-hybridized carbons (Fsp3) is 0.235. The smallest absolute Gasteiger partial charge is 0.352 e. The minimum absolute atomic E-state index is 0.109. The van der Waals surface area contributed by atoms with E-state index in [4.69, 9.17) is 23.2 Å². The number of nitrogens with zero attached hydrogens (tertiary/aromatic N) is 1. The second kappa shape index (κ2) is 8.14. The number of nitrogens with one attached hydrogen (secondary N) is 2. The number of amides is 2. The molecule has 0 aliphatic heterocycles. The number of alkyl halides is 3. The highest BCUT2D eigenvalue weighted by Gasteiger charge is 2.32. The summed E-state index contributed by atoms with van der Waals surface area (Å²) in [4.78, 5) is 28.2. The van der Waals surface area contributed by atoms with Gasteiger partial charge in [0, 0.05) is 17.8 Å². The summed E-state index contributed by atoms with van der Waals surface area (Å²) in [5, 5.41) is 4.89. The summed E-state index contributed by atoms with van der Waals surface area (Å²) in [6.07, 6.45) is -4.12. The third kappa shape index (κ3) is 4.90. The highest BCUT2D eigenvalue weighted by Crippen LogP contribution is 2.32. The van der Waals surface area contributed by atoms with Crippen LogP contribution in [0.4, 0.5) is 18.9 Å². The van der Waals surface area contributed by atoms with Gasteiger partial charge in [-0.15, -0.1) is 0 Å². The number of pyridine rings is 1. The molecule has 0 unspecified atom stereocenters. The molecule has 1 aromatic carbocycles. The Bertz CT molecular complexity index is 902. The first-order chi connectivity index (χ1) is 12.5. The van der Waals surface area contributed by atoms with E-state index in [-0.39, 0.29) is 16.3 Å². The summed E-state index contributed by atoms with van der Waals surface area (Å²) < 4.78 is 38.1. The highest BCUT2D eigenvalue weighted by atomic mass is 35.5. The lowest BCUT2D eigenvalue weighted by Crippen LogP contribution is -2.25. The molecule has 1 heterocycles. The number of halogens is 5. The molecule has 0 aliphatic carbocycles. The number of rotatable bonds is 4. The Kier molecular flexibility index (Phi) is 6.33. The van der Waals surface area contributed by atoms with Crippen LogP contribution in [-0.2, 0) is 6.18 Å². The molecular weight excluding hydrogens is 406 g/mol. The lowest BCUT2D eigenvalue weighted by Gasteiger charge is -2.15. The zero-order chi connectivity index (χ0) is 20.4. The molecule has 2 rings (SSSR count). The van der Waals surface area contributed by atoms with Crippen molar-refractivity contribution in [1.82, 2.24) is 10.3 Å². The third-order valence-corrected chi connectivity index (χ3v) is 4.01. The average molecular weight is 420 g/mol. The molecule has 2 aromatic rings. The summed E-state index contributed by atoms with van der Waals surface area (Å²) in [6, 6.07) is 3.52. The Morgan fingerprint density at radius 2 is 1.81 bits per heavy atom. The van der Waals surface area contributed by atoms with E-state index < -0.39 is 34.3 Å². The number of carbonyl (C=O) groups excluding carboxylic acids is 2. The summed E-state index contributed by atoms with van der Waals surface area (Å²) in [5.74, 6) is -1.32. The fourth-order valence-electron chi connectivity index (χ4n) is 2.28. The number of benzene rings is 1. The second-order valence-electron chi connectivity index (χ2n) is 5.51. The molecule has 5 nitrogen and oxygen atoms in total. The SMILES string of the molecule is CCNC(=O)c1cc(Cl)cc(C)c1NC(=O)c1ncc(C(F)(F)F)cc1Cl. The van der Waals surface area contributed by atoms with Gasteiger partial charge in [0.15, 0.2) is 0 Å². The molecule has 10 heteroatoms. The summed E-state index contributed by atoms with van der Waals surface area (Å²) in [5.41, 5.74) is -0.720. The molecule has 2 N–H and O–H groups in total. The molecule has 0 bridgehead atoms. The van der Waals surface area contributed by atoms with E-state index in [1.165, 1.54) is 12.1 Å². The zero-order valence-electron chi connectivity index (χ0n) is 14.2. The molecule has 144 valence electrons. The predicted molar refractivity (Wildman–Crippen MR) is 96.4 cm³/mol. The number of aromatic nitrogens is 1. The monoisotopic (exact) mass is 419 g/mol. The van der Waals surface area contributed by atoms with Crippen LogP contribution < -0.4 is 10.6 Å². The van der Waals surface area contributed by atoms with E-state index in [1.807, 2.05) is 0 Å². The first-order valence-electron chi connectivity index (χ1n) is 7.67. The Morgan fingerprint density at radius 1 is 1.15 bits per heavy atom. The molecule has 27 heavy (non-hydrogen) atoms. The van der Waals surface area contributed by atoms with E-state index in [0.717, 1.165) is 0 Å². The number of anilines is 1.